The fourth-order valence-corrected chi connectivity index (χ4v) is 4.15. The average molecular weight is 419 g/mol. The number of hydrogen-bond donors (Lipinski definition) is 1. The van der Waals surface area contributed by atoms with Crippen LogP contribution in [0.2, 0.25) is 0 Å². The van der Waals surface area contributed by atoms with E-state index < -0.39 is 0 Å². The van der Waals surface area contributed by atoms with Gasteiger partial charge >= 0.3 is 0 Å². The first-order chi connectivity index (χ1) is 15.3. The maximum absolute atomic E-state index is 5.73. The number of benzene rings is 1. The molecule has 1 aromatic carbocycles. The van der Waals surface area contributed by atoms with Crippen LogP contribution in [0.25, 0.3) is 22.3 Å². The minimum atomic E-state index is 0.101. The van der Waals surface area contributed by atoms with Crippen LogP contribution in [0.1, 0.15) is 30.3 Å². The minimum Gasteiger partial charge on any atom is -0.475 e. The zero-order valence-corrected chi connectivity index (χ0v) is 17.5. The number of aromatic amines is 1. The van der Waals surface area contributed by atoms with Crippen LogP contribution in [0.3, 0.4) is 0 Å². The molecule has 31 heavy (non-hydrogen) atoms. The lowest BCUT2D eigenvalue weighted by Crippen LogP contribution is -2.22. The van der Waals surface area contributed by atoms with Gasteiger partial charge in [0.2, 0.25) is 17.6 Å². The molecule has 160 valence electrons. The van der Waals surface area contributed by atoms with Crippen LogP contribution >= 0.6 is 0 Å². The standard InChI is InChI=1S/C23H25N5O3/c1-29-12-13-30-22-18(7-4-10-24-22)21-26-23(31-27-21)20-9-5-11-28(20)15-16-14-25-19-8-3-2-6-17(16)19/h2-4,6-8,10,14,20,25H,5,9,11-13,15H2,1H3. The van der Waals surface area contributed by atoms with Gasteiger partial charge in [-0.25, -0.2) is 4.98 Å². The van der Waals surface area contributed by atoms with Gasteiger partial charge in [-0.15, -0.1) is 0 Å². The van der Waals surface area contributed by atoms with Crippen LogP contribution in [0.5, 0.6) is 5.88 Å². The Labute approximate surface area is 180 Å². The molecular formula is C23H25N5O3. The maximum atomic E-state index is 5.73. The second kappa shape index (κ2) is 8.87. The SMILES string of the molecule is COCCOc1ncccc1-c1noc(C2CCCN2Cc2c[nH]c3ccccc23)n1. The predicted octanol–water partition coefficient (Wildman–Crippen LogP) is 3.98. The van der Waals surface area contributed by atoms with E-state index in [-0.39, 0.29) is 6.04 Å². The molecule has 3 aromatic heterocycles. The lowest BCUT2D eigenvalue weighted by Gasteiger charge is -2.21. The summed E-state index contributed by atoms with van der Waals surface area (Å²) in [7, 11) is 1.64. The number of H-pyrrole nitrogens is 1. The maximum Gasteiger partial charge on any atom is 0.244 e. The van der Waals surface area contributed by atoms with Crippen molar-refractivity contribution >= 4 is 10.9 Å². The zero-order chi connectivity index (χ0) is 21.0. The molecule has 4 heterocycles. The fraction of sp³-hybridized carbons (Fsp3) is 0.348. The van der Waals surface area contributed by atoms with Crippen molar-refractivity contribution in [3.05, 3.63) is 60.2 Å². The van der Waals surface area contributed by atoms with Gasteiger partial charge in [-0.05, 0) is 43.1 Å². The molecule has 0 aliphatic carbocycles. The van der Waals surface area contributed by atoms with E-state index in [0.29, 0.717) is 30.8 Å². The monoisotopic (exact) mass is 419 g/mol. The summed E-state index contributed by atoms with van der Waals surface area (Å²) in [5.74, 6) is 1.61. The van der Waals surface area contributed by atoms with Gasteiger partial charge in [0.25, 0.3) is 0 Å². The number of aromatic nitrogens is 4. The van der Waals surface area contributed by atoms with Gasteiger partial charge in [-0.1, -0.05) is 23.4 Å². The zero-order valence-electron chi connectivity index (χ0n) is 17.5. The molecular weight excluding hydrogens is 394 g/mol. The molecule has 1 aliphatic heterocycles. The Morgan fingerprint density at radius 3 is 3.06 bits per heavy atom. The first-order valence-electron chi connectivity index (χ1n) is 10.5. The second-order valence-electron chi connectivity index (χ2n) is 7.64. The van der Waals surface area contributed by atoms with E-state index in [9.17, 15) is 0 Å². The number of para-hydroxylation sites is 1. The normalized spacial score (nSPS) is 16.9. The summed E-state index contributed by atoms with van der Waals surface area (Å²) in [6.07, 6.45) is 5.88. The third-order valence-electron chi connectivity index (χ3n) is 5.68. The predicted molar refractivity (Wildman–Crippen MR) is 116 cm³/mol. The highest BCUT2D eigenvalue weighted by molar-refractivity contribution is 5.82. The largest absolute Gasteiger partial charge is 0.475 e. The highest BCUT2D eigenvalue weighted by Gasteiger charge is 2.31. The Balaban J connectivity index is 1.36. The van der Waals surface area contributed by atoms with Crippen molar-refractivity contribution < 1.29 is 14.0 Å². The molecule has 1 atom stereocenters. The summed E-state index contributed by atoms with van der Waals surface area (Å²) in [4.78, 5) is 14.8. The minimum absolute atomic E-state index is 0.101. The van der Waals surface area contributed by atoms with E-state index >= 15 is 0 Å². The quantitative estimate of drug-likeness (QED) is 0.432. The lowest BCUT2D eigenvalue weighted by atomic mass is 10.1. The van der Waals surface area contributed by atoms with Crippen LogP contribution < -0.4 is 4.74 Å². The van der Waals surface area contributed by atoms with E-state index in [2.05, 4.69) is 44.4 Å². The van der Waals surface area contributed by atoms with Gasteiger partial charge in [0, 0.05) is 37.0 Å². The van der Waals surface area contributed by atoms with E-state index in [1.54, 1.807) is 13.3 Å². The Hall–Kier alpha value is -3.23. The van der Waals surface area contributed by atoms with Crippen molar-refractivity contribution in [2.75, 3.05) is 26.9 Å². The Kier molecular flexibility index (Phi) is 5.64. The highest BCUT2D eigenvalue weighted by atomic mass is 16.5. The molecule has 1 unspecified atom stereocenters. The van der Waals surface area contributed by atoms with E-state index in [1.807, 2.05) is 18.2 Å². The number of nitrogens with zero attached hydrogens (tertiary/aromatic N) is 4. The first kappa shape index (κ1) is 19.7. The molecule has 5 rings (SSSR count). The summed E-state index contributed by atoms with van der Waals surface area (Å²) >= 11 is 0. The molecule has 1 aliphatic rings. The number of ether oxygens (including phenoxy) is 2. The van der Waals surface area contributed by atoms with Crippen LogP contribution in [0, 0.1) is 0 Å². The van der Waals surface area contributed by atoms with Crippen LogP contribution in [0.4, 0.5) is 0 Å². The lowest BCUT2D eigenvalue weighted by molar-refractivity contribution is 0.144. The van der Waals surface area contributed by atoms with Crippen LogP contribution in [-0.4, -0.2) is 51.9 Å². The topological polar surface area (TPSA) is 89.3 Å². The van der Waals surface area contributed by atoms with Crippen LogP contribution in [-0.2, 0) is 11.3 Å². The van der Waals surface area contributed by atoms with Crippen molar-refractivity contribution in [3.8, 4) is 17.3 Å². The summed E-state index contributed by atoms with van der Waals surface area (Å²) in [5, 5.41) is 5.49. The molecule has 4 aromatic rings. The van der Waals surface area contributed by atoms with E-state index in [4.69, 9.17) is 19.0 Å². The second-order valence-corrected chi connectivity index (χ2v) is 7.64. The molecule has 0 radical (unpaired) electrons. The number of methoxy groups -OCH3 is 1. The van der Waals surface area contributed by atoms with Crippen molar-refractivity contribution in [2.24, 2.45) is 0 Å². The fourth-order valence-electron chi connectivity index (χ4n) is 4.15. The molecule has 0 bridgehead atoms. The first-order valence-corrected chi connectivity index (χ1v) is 10.5. The van der Waals surface area contributed by atoms with Crippen LogP contribution in [0.15, 0.2) is 53.3 Å². The summed E-state index contributed by atoms with van der Waals surface area (Å²) < 4.78 is 16.5. The summed E-state index contributed by atoms with van der Waals surface area (Å²) in [6, 6.07) is 12.2. The summed E-state index contributed by atoms with van der Waals surface area (Å²) in [5.41, 5.74) is 3.16. The number of rotatable bonds is 8. The van der Waals surface area contributed by atoms with Gasteiger partial charge in [0.05, 0.1) is 18.2 Å². The number of hydrogen-bond acceptors (Lipinski definition) is 7. The van der Waals surface area contributed by atoms with Crippen molar-refractivity contribution in [1.29, 1.82) is 0 Å². The molecule has 8 heteroatoms. The molecule has 1 fully saturated rings. The molecule has 0 saturated carbocycles. The molecule has 0 spiro atoms. The Morgan fingerprint density at radius 1 is 1.19 bits per heavy atom. The Bertz CT molecular complexity index is 1150. The molecule has 8 nitrogen and oxygen atoms in total. The smallest absolute Gasteiger partial charge is 0.244 e. The third-order valence-corrected chi connectivity index (χ3v) is 5.68. The van der Waals surface area contributed by atoms with E-state index in [0.717, 1.165) is 37.0 Å². The number of nitrogens with one attached hydrogen (secondary N) is 1. The number of fused-ring (bicyclic) bond motifs is 1. The van der Waals surface area contributed by atoms with Gasteiger partial charge in [-0.3, -0.25) is 4.90 Å². The third kappa shape index (κ3) is 4.04. The van der Waals surface area contributed by atoms with Gasteiger partial charge in [0.15, 0.2) is 0 Å². The van der Waals surface area contributed by atoms with Crippen molar-refractivity contribution in [2.45, 2.75) is 25.4 Å². The number of likely N-dealkylation sites (tertiary alicyclic amines) is 1. The molecule has 1 saturated heterocycles. The van der Waals surface area contributed by atoms with Gasteiger partial charge in [0.1, 0.15) is 6.61 Å². The molecule has 0 amide bonds. The summed E-state index contributed by atoms with van der Waals surface area (Å²) in [6.45, 7) is 2.73. The Morgan fingerprint density at radius 2 is 2.13 bits per heavy atom. The van der Waals surface area contributed by atoms with E-state index in [1.165, 1.54) is 10.9 Å². The van der Waals surface area contributed by atoms with Crippen molar-refractivity contribution in [1.82, 2.24) is 25.0 Å². The highest BCUT2D eigenvalue weighted by Crippen LogP contribution is 2.35. The van der Waals surface area contributed by atoms with Gasteiger partial charge in [-0.2, -0.15) is 4.98 Å². The van der Waals surface area contributed by atoms with Gasteiger partial charge < -0.3 is 19.0 Å². The number of pyridine rings is 1. The van der Waals surface area contributed by atoms with Crippen molar-refractivity contribution in [3.63, 3.8) is 0 Å². The molecule has 1 N–H and O–H groups in total. The average Bonchev–Trinajstić information content (AvgIpc) is 3.55.